The highest BCUT2D eigenvalue weighted by Gasteiger charge is 2.35. The summed E-state index contributed by atoms with van der Waals surface area (Å²) in [6, 6.07) is 8.87. The monoisotopic (exact) mass is 595 g/mol. The Kier molecular flexibility index (Phi) is 8.26. The molecule has 0 N–H and O–H groups in total. The largest absolute Gasteiger partial charge is 0.418 e. The number of nitrogens with zero attached hydrogens (tertiary/aromatic N) is 5. The molecule has 1 aliphatic heterocycles. The van der Waals surface area contributed by atoms with Gasteiger partial charge in [-0.15, -0.1) is 0 Å². The maximum atomic E-state index is 14.3. The van der Waals surface area contributed by atoms with E-state index in [1.165, 1.54) is 21.2 Å². The normalized spacial score (nSPS) is 19.2. The molecule has 10 heteroatoms. The molecule has 43 heavy (non-hydrogen) atoms. The number of benzene rings is 1. The van der Waals surface area contributed by atoms with Crippen LogP contribution in [0.3, 0.4) is 0 Å². The maximum absolute atomic E-state index is 14.3. The van der Waals surface area contributed by atoms with E-state index in [-0.39, 0.29) is 11.4 Å². The number of aromatic nitrogens is 4. The predicted octanol–water partition coefficient (Wildman–Crippen LogP) is 6.42. The maximum Gasteiger partial charge on any atom is 0.418 e. The van der Waals surface area contributed by atoms with Crippen LogP contribution in [0.2, 0.25) is 0 Å². The topological polar surface area (TPSA) is 56.7 Å². The Morgan fingerprint density at radius 2 is 1.91 bits per heavy atom. The molecule has 2 fully saturated rings. The molecule has 2 atom stereocenters. The summed E-state index contributed by atoms with van der Waals surface area (Å²) >= 11 is 0. The number of halogens is 3. The molecular formula is C33H40F3N5O2. The molecule has 1 saturated carbocycles. The Balaban J connectivity index is 1.40. The van der Waals surface area contributed by atoms with Gasteiger partial charge in [0.15, 0.2) is 0 Å². The fourth-order valence-electron chi connectivity index (χ4n) is 6.87. The Morgan fingerprint density at radius 3 is 2.60 bits per heavy atom. The second-order valence-electron chi connectivity index (χ2n) is 12.5. The first kappa shape index (κ1) is 29.7. The van der Waals surface area contributed by atoms with Crippen molar-refractivity contribution in [2.75, 3.05) is 26.8 Å². The number of hydrogen-bond donors (Lipinski definition) is 0. The fourth-order valence-corrected chi connectivity index (χ4v) is 6.87. The highest BCUT2D eigenvalue weighted by atomic mass is 19.4. The zero-order valence-corrected chi connectivity index (χ0v) is 25.1. The Hall–Kier alpha value is -3.37. The van der Waals surface area contributed by atoms with E-state index in [9.17, 15) is 18.0 Å². The molecule has 0 radical (unpaired) electrons. The first-order chi connectivity index (χ1) is 20.6. The molecule has 0 amide bonds. The third kappa shape index (κ3) is 6.04. The molecule has 230 valence electrons. The van der Waals surface area contributed by atoms with Gasteiger partial charge < -0.3 is 4.74 Å². The standard InChI is InChI=1S/C33H40F3N5O2/c1-22-7-6-12-38(17-22)19-24-15-28(33(34,35)36)29-21-40(32(42)41(29)20-24)27-11-5-10-26(16-27)30(25-8-4-9-25)31-23(2)18-39(37-31)13-14-43-3/h5,10-11,15-16,18,20-22,25,30H,4,6-9,12-14,17,19H2,1-3H3/t22-,30-/m0/s1. The van der Waals surface area contributed by atoms with Crippen molar-refractivity contribution < 1.29 is 17.9 Å². The van der Waals surface area contributed by atoms with E-state index in [4.69, 9.17) is 9.84 Å². The van der Waals surface area contributed by atoms with Crippen molar-refractivity contribution >= 4 is 5.52 Å². The summed E-state index contributed by atoms with van der Waals surface area (Å²) in [7, 11) is 1.67. The molecular weight excluding hydrogens is 555 g/mol. The van der Waals surface area contributed by atoms with E-state index in [2.05, 4.69) is 18.7 Å². The van der Waals surface area contributed by atoms with Gasteiger partial charge in [0.1, 0.15) is 0 Å². The number of piperidine rings is 1. The number of fused-ring (bicyclic) bond motifs is 1. The molecule has 2 aliphatic rings. The van der Waals surface area contributed by atoms with Crippen LogP contribution in [-0.2, 0) is 24.0 Å². The average molecular weight is 596 g/mol. The number of hydrogen-bond acceptors (Lipinski definition) is 4. The summed E-state index contributed by atoms with van der Waals surface area (Å²) in [4.78, 5) is 15.9. The zero-order chi connectivity index (χ0) is 30.3. The van der Waals surface area contributed by atoms with Crippen LogP contribution in [0.15, 0.2) is 53.7 Å². The fraction of sp³-hybridized carbons (Fsp3) is 0.515. The van der Waals surface area contributed by atoms with Crippen molar-refractivity contribution in [3.8, 4) is 5.69 Å². The number of likely N-dealkylation sites (tertiary alicyclic amines) is 1. The molecule has 4 aromatic rings. The lowest BCUT2D eigenvalue weighted by Gasteiger charge is -2.34. The molecule has 1 aromatic carbocycles. The summed E-state index contributed by atoms with van der Waals surface area (Å²) in [6.45, 7) is 7.52. The molecule has 0 unspecified atom stereocenters. The van der Waals surface area contributed by atoms with E-state index < -0.39 is 17.4 Å². The minimum Gasteiger partial charge on any atom is -0.383 e. The van der Waals surface area contributed by atoms with Gasteiger partial charge in [-0.1, -0.05) is 25.5 Å². The summed E-state index contributed by atoms with van der Waals surface area (Å²) in [6.07, 6.45) is 5.85. The molecule has 6 rings (SSSR count). The summed E-state index contributed by atoms with van der Waals surface area (Å²) in [5.74, 6) is 0.957. The van der Waals surface area contributed by atoms with Gasteiger partial charge in [-0.05, 0) is 85.9 Å². The van der Waals surface area contributed by atoms with Crippen molar-refractivity contribution in [3.63, 3.8) is 0 Å². The van der Waals surface area contributed by atoms with Crippen molar-refractivity contribution in [2.24, 2.45) is 11.8 Å². The zero-order valence-electron chi connectivity index (χ0n) is 25.1. The number of methoxy groups -OCH3 is 1. The van der Waals surface area contributed by atoms with Gasteiger partial charge in [-0.3, -0.25) is 18.5 Å². The smallest absolute Gasteiger partial charge is 0.383 e. The van der Waals surface area contributed by atoms with Crippen LogP contribution >= 0.6 is 0 Å². The Morgan fingerprint density at radius 1 is 1.09 bits per heavy atom. The number of aryl methyl sites for hydroxylation is 1. The highest BCUT2D eigenvalue weighted by molar-refractivity contribution is 5.58. The Labute approximate surface area is 249 Å². The van der Waals surface area contributed by atoms with E-state index in [1.54, 1.807) is 19.4 Å². The average Bonchev–Trinajstić information content (AvgIpc) is 3.47. The highest BCUT2D eigenvalue weighted by Crippen LogP contribution is 2.44. The second kappa shape index (κ2) is 12.0. The van der Waals surface area contributed by atoms with Gasteiger partial charge in [0.05, 0.1) is 35.6 Å². The van der Waals surface area contributed by atoms with E-state index in [0.29, 0.717) is 42.8 Å². The van der Waals surface area contributed by atoms with E-state index in [1.807, 2.05) is 29.1 Å². The van der Waals surface area contributed by atoms with Gasteiger partial charge >= 0.3 is 11.9 Å². The summed E-state index contributed by atoms with van der Waals surface area (Å²) in [5, 5.41) is 4.92. The summed E-state index contributed by atoms with van der Waals surface area (Å²) in [5.41, 5.74) is 2.72. The number of ether oxygens (including phenoxy) is 1. The van der Waals surface area contributed by atoms with Crippen LogP contribution in [-0.4, -0.2) is 50.5 Å². The number of rotatable bonds is 9. The molecule has 0 spiro atoms. The number of pyridine rings is 1. The van der Waals surface area contributed by atoms with Crippen LogP contribution < -0.4 is 5.69 Å². The third-order valence-corrected chi connectivity index (χ3v) is 9.21. The predicted molar refractivity (Wildman–Crippen MR) is 160 cm³/mol. The van der Waals surface area contributed by atoms with Crippen molar-refractivity contribution in [3.05, 3.63) is 87.4 Å². The molecule has 4 heterocycles. The number of alkyl halides is 3. The third-order valence-electron chi connectivity index (χ3n) is 9.21. The summed E-state index contributed by atoms with van der Waals surface area (Å²) < 4.78 is 52.7. The molecule has 1 aliphatic carbocycles. The van der Waals surface area contributed by atoms with Gasteiger partial charge in [0.25, 0.3) is 0 Å². The van der Waals surface area contributed by atoms with Gasteiger partial charge in [-0.25, -0.2) is 4.79 Å². The van der Waals surface area contributed by atoms with Crippen molar-refractivity contribution in [1.29, 1.82) is 0 Å². The quantitative estimate of drug-likeness (QED) is 0.224. The Bertz CT molecular complexity index is 1650. The molecule has 3 aromatic heterocycles. The van der Waals surface area contributed by atoms with Crippen LogP contribution in [0.5, 0.6) is 0 Å². The van der Waals surface area contributed by atoms with Gasteiger partial charge in [-0.2, -0.15) is 18.3 Å². The first-order valence-electron chi connectivity index (χ1n) is 15.3. The second-order valence-corrected chi connectivity index (χ2v) is 12.5. The minimum absolute atomic E-state index is 0.0366. The van der Waals surface area contributed by atoms with Crippen LogP contribution in [0.25, 0.3) is 11.2 Å². The van der Waals surface area contributed by atoms with Crippen LogP contribution in [0, 0.1) is 18.8 Å². The van der Waals surface area contributed by atoms with Crippen molar-refractivity contribution in [2.45, 2.75) is 71.1 Å². The molecule has 7 nitrogen and oxygen atoms in total. The number of imidazole rings is 1. The van der Waals surface area contributed by atoms with E-state index >= 15 is 0 Å². The van der Waals surface area contributed by atoms with E-state index in [0.717, 1.165) is 62.0 Å². The van der Waals surface area contributed by atoms with Gasteiger partial charge in [0.2, 0.25) is 0 Å². The first-order valence-corrected chi connectivity index (χ1v) is 15.3. The lowest BCUT2D eigenvalue weighted by molar-refractivity contribution is -0.136. The molecule has 0 bridgehead atoms. The minimum atomic E-state index is -4.59. The molecule has 1 saturated heterocycles. The van der Waals surface area contributed by atoms with Crippen LogP contribution in [0.1, 0.15) is 72.9 Å². The van der Waals surface area contributed by atoms with Crippen LogP contribution in [0.4, 0.5) is 13.2 Å². The SMILES string of the molecule is COCCn1cc(C)c([C@H](c2cccc(-n3cc4c(C(F)(F)F)cc(CN5CCC[C@H](C)C5)cn4c3=O)c2)C2CCC2)n1. The van der Waals surface area contributed by atoms with Gasteiger partial charge in [0, 0.05) is 44.7 Å². The lowest BCUT2D eigenvalue weighted by atomic mass is 9.71. The lowest BCUT2D eigenvalue weighted by Crippen LogP contribution is -2.34. The van der Waals surface area contributed by atoms with Crippen molar-refractivity contribution in [1.82, 2.24) is 23.6 Å².